The average molecular weight is 305 g/mol. The number of H-pyrrole nitrogens is 1. The van der Waals surface area contributed by atoms with Crippen molar-refractivity contribution in [3.8, 4) is 5.75 Å². The summed E-state index contributed by atoms with van der Waals surface area (Å²) in [4.78, 5) is 7.95. The summed E-state index contributed by atoms with van der Waals surface area (Å²) in [6.07, 6.45) is 6.70. The second-order valence-corrected chi connectivity index (χ2v) is 6.65. The molecule has 0 atom stereocenters. The van der Waals surface area contributed by atoms with Gasteiger partial charge in [-0.2, -0.15) is 0 Å². The zero-order valence-corrected chi connectivity index (χ0v) is 13.3. The van der Waals surface area contributed by atoms with Crippen LogP contribution in [-0.4, -0.2) is 35.4 Å². The smallest absolute Gasteiger partial charge is 0.166 e. The molecular weight excluding hydrogens is 282 g/mol. The standard InChI is InChI=1S/C16H23N3OS/c1-20-13-7-8-14-15(11-13)19-16(18-14)21-10-4-9-17-12-5-2-3-6-12/h7-8,11-12,17H,2-6,9-10H2,1H3,(H,18,19). The van der Waals surface area contributed by atoms with Crippen LogP contribution in [0.2, 0.25) is 0 Å². The molecule has 5 heteroatoms. The van der Waals surface area contributed by atoms with Crippen molar-refractivity contribution >= 4 is 22.8 Å². The lowest BCUT2D eigenvalue weighted by Gasteiger charge is -2.10. The maximum absolute atomic E-state index is 5.23. The van der Waals surface area contributed by atoms with Gasteiger partial charge in [0, 0.05) is 17.9 Å². The number of methoxy groups -OCH3 is 1. The number of nitrogens with one attached hydrogen (secondary N) is 2. The minimum Gasteiger partial charge on any atom is -0.497 e. The van der Waals surface area contributed by atoms with E-state index in [2.05, 4.69) is 15.3 Å². The van der Waals surface area contributed by atoms with Gasteiger partial charge >= 0.3 is 0 Å². The Balaban J connectivity index is 1.44. The first kappa shape index (κ1) is 14.7. The fourth-order valence-electron chi connectivity index (χ4n) is 2.84. The van der Waals surface area contributed by atoms with Gasteiger partial charge in [-0.15, -0.1) is 0 Å². The number of nitrogens with zero attached hydrogens (tertiary/aromatic N) is 1. The van der Waals surface area contributed by atoms with Gasteiger partial charge in [0.2, 0.25) is 0 Å². The van der Waals surface area contributed by atoms with Crippen LogP contribution in [0.15, 0.2) is 23.4 Å². The van der Waals surface area contributed by atoms with Gasteiger partial charge in [0.25, 0.3) is 0 Å². The minimum atomic E-state index is 0.772. The van der Waals surface area contributed by atoms with Crippen LogP contribution in [0.25, 0.3) is 11.0 Å². The molecule has 3 rings (SSSR count). The van der Waals surface area contributed by atoms with Crippen molar-refractivity contribution in [3.63, 3.8) is 0 Å². The van der Waals surface area contributed by atoms with E-state index in [4.69, 9.17) is 4.74 Å². The van der Waals surface area contributed by atoms with Crippen molar-refractivity contribution in [2.75, 3.05) is 19.4 Å². The van der Waals surface area contributed by atoms with Crippen LogP contribution >= 0.6 is 11.8 Å². The Morgan fingerprint density at radius 3 is 3.05 bits per heavy atom. The number of thioether (sulfide) groups is 1. The molecule has 21 heavy (non-hydrogen) atoms. The van der Waals surface area contributed by atoms with E-state index < -0.39 is 0 Å². The van der Waals surface area contributed by atoms with Gasteiger partial charge in [0.05, 0.1) is 18.1 Å². The first-order valence-electron chi connectivity index (χ1n) is 7.75. The molecule has 0 spiro atoms. The van der Waals surface area contributed by atoms with Crippen LogP contribution in [0.1, 0.15) is 32.1 Å². The molecule has 0 amide bonds. The van der Waals surface area contributed by atoms with Crippen molar-refractivity contribution in [2.24, 2.45) is 0 Å². The predicted molar refractivity (Wildman–Crippen MR) is 88.2 cm³/mol. The number of hydrogen-bond acceptors (Lipinski definition) is 4. The third-order valence-electron chi connectivity index (χ3n) is 4.02. The highest BCUT2D eigenvalue weighted by atomic mass is 32.2. The van der Waals surface area contributed by atoms with E-state index in [1.54, 1.807) is 18.9 Å². The van der Waals surface area contributed by atoms with E-state index in [9.17, 15) is 0 Å². The number of hydrogen-bond donors (Lipinski definition) is 2. The molecule has 1 aliphatic rings. The molecule has 0 saturated heterocycles. The quantitative estimate of drug-likeness (QED) is 0.606. The Morgan fingerprint density at radius 1 is 1.38 bits per heavy atom. The highest BCUT2D eigenvalue weighted by Crippen LogP contribution is 2.23. The summed E-state index contributed by atoms with van der Waals surface area (Å²) < 4.78 is 5.23. The summed E-state index contributed by atoms with van der Waals surface area (Å²) in [7, 11) is 1.69. The summed E-state index contributed by atoms with van der Waals surface area (Å²) in [5.74, 6) is 1.96. The molecule has 2 N–H and O–H groups in total. The van der Waals surface area contributed by atoms with Gasteiger partial charge < -0.3 is 15.0 Å². The molecular formula is C16H23N3OS. The Kier molecular flexibility index (Phi) is 5.04. The highest BCUT2D eigenvalue weighted by Gasteiger charge is 2.13. The molecule has 1 aliphatic carbocycles. The van der Waals surface area contributed by atoms with Crippen LogP contribution in [0, 0.1) is 0 Å². The summed E-state index contributed by atoms with van der Waals surface area (Å²) in [6.45, 7) is 1.12. The van der Waals surface area contributed by atoms with Crippen LogP contribution in [0.3, 0.4) is 0 Å². The van der Waals surface area contributed by atoms with Gasteiger partial charge in [-0.25, -0.2) is 4.98 Å². The fourth-order valence-corrected chi connectivity index (χ4v) is 3.66. The van der Waals surface area contributed by atoms with E-state index in [0.29, 0.717) is 0 Å². The largest absolute Gasteiger partial charge is 0.497 e. The third kappa shape index (κ3) is 3.92. The first-order chi connectivity index (χ1) is 10.3. The van der Waals surface area contributed by atoms with Crippen LogP contribution in [0.4, 0.5) is 0 Å². The van der Waals surface area contributed by atoms with Gasteiger partial charge in [0.15, 0.2) is 5.16 Å². The van der Waals surface area contributed by atoms with Crippen LogP contribution in [0.5, 0.6) is 5.75 Å². The van der Waals surface area contributed by atoms with Crippen LogP contribution < -0.4 is 10.1 Å². The molecule has 0 bridgehead atoms. The number of aromatic amines is 1. The predicted octanol–water partition coefficient (Wildman–Crippen LogP) is 3.59. The summed E-state index contributed by atoms with van der Waals surface area (Å²) in [5, 5.41) is 4.65. The summed E-state index contributed by atoms with van der Waals surface area (Å²) >= 11 is 1.79. The molecule has 1 fully saturated rings. The van der Waals surface area contributed by atoms with Gasteiger partial charge in [-0.3, -0.25) is 0 Å². The second-order valence-electron chi connectivity index (χ2n) is 5.56. The number of benzene rings is 1. The molecule has 1 aromatic heterocycles. The number of ether oxygens (including phenoxy) is 1. The van der Waals surface area contributed by atoms with Gasteiger partial charge in [0.1, 0.15) is 5.75 Å². The van der Waals surface area contributed by atoms with Crippen molar-refractivity contribution in [1.82, 2.24) is 15.3 Å². The molecule has 114 valence electrons. The van der Waals surface area contributed by atoms with Crippen molar-refractivity contribution in [3.05, 3.63) is 18.2 Å². The maximum atomic E-state index is 5.23. The van der Waals surface area contributed by atoms with E-state index in [1.165, 1.54) is 32.1 Å². The number of imidazole rings is 1. The maximum Gasteiger partial charge on any atom is 0.166 e. The molecule has 2 aromatic rings. The Hall–Kier alpha value is -1.20. The lowest BCUT2D eigenvalue weighted by molar-refractivity contribution is 0.415. The summed E-state index contributed by atoms with van der Waals surface area (Å²) in [6, 6.07) is 6.71. The number of rotatable bonds is 7. The SMILES string of the molecule is COc1ccc2nc(SCCCNC3CCCC3)[nH]c2c1. The van der Waals surface area contributed by atoms with Crippen molar-refractivity contribution in [2.45, 2.75) is 43.3 Å². The van der Waals surface area contributed by atoms with Gasteiger partial charge in [-0.1, -0.05) is 24.6 Å². The van der Waals surface area contributed by atoms with E-state index in [-0.39, 0.29) is 0 Å². The average Bonchev–Trinajstić information content (AvgIpc) is 3.14. The lowest BCUT2D eigenvalue weighted by atomic mass is 10.2. The molecule has 0 unspecified atom stereocenters. The van der Waals surface area contributed by atoms with E-state index in [1.807, 2.05) is 18.2 Å². The molecule has 1 saturated carbocycles. The second kappa shape index (κ2) is 7.18. The molecule has 0 radical (unpaired) electrons. The minimum absolute atomic E-state index is 0.772. The monoisotopic (exact) mass is 305 g/mol. The zero-order valence-electron chi connectivity index (χ0n) is 12.5. The number of aromatic nitrogens is 2. The molecule has 1 aromatic carbocycles. The normalized spacial score (nSPS) is 15.9. The zero-order chi connectivity index (χ0) is 14.5. The van der Waals surface area contributed by atoms with E-state index >= 15 is 0 Å². The lowest BCUT2D eigenvalue weighted by Crippen LogP contribution is -2.27. The molecule has 1 heterocycles. The van der Waals surface area contributed by atoms with E-state index in [0.717, 1.165) is 40.3 Å². The highest BCUT2D eigenvalue weighted by molar-refractivity contribution is 7.99. The fraction of sp³-hybridized carbons (Fsp3) is 0.562. The Morgan fingerprint density at radius 2 is 2.24 bits per heavy atom. The Labute approximate surface area is 130 Å². The Bertz CT molecular complexity index is 578. The molecule has 4 nitrogen and oxygen atoms in total. The number of fused-ring (bicyclic) bond motifs is 1. The third-order valence-corrected chi connectivity index (χ3v) is 4.97. The van der Waals surface area contributed by atoms with Gasteiger partial charge in [-0.05, 0) is 37.9 Å². The summed E-state index contributed by atoms with van der Waals surface area (Å²) in [5.41, 5.74) is 2.04. The van der Waals surface area contributed by atoms with Crippen LogP contribution in [-0.2, 0) is 0 Å². The topological polar surface area (TPSA) is 49.9 Å². The molecule has 0 aliphatic heterocycles. The van der Waals surface area contributed by atoms with Crippen molar-refractivity contribution in [1.29, 1.82) is 0 Å². The first-order valence-corrected chi connectivity index (χ1v) is 8.73. The van der Waals surface area contributed by atoms with Crippen molar-refractivity contribution < 1.29 is 4.74 Å².